The standard InChI is InChI=1S/C64H111NO13/c1-3-5-7-8-9-10-11-12-13-14-15-16-17-18-19-20-21-22-23-24-25-26-27-28-29-30-31-32-33-34-35-36-37-38-39-40-41-42-43-44-46-48-56(69)65-52(53(68)47-45-6-4-2)51-75-63-61(74)59(72)62(55(50-67)77-63)78-64-60(73)58(71)57(70)54(49-66)76-64/h5,7,9-10,12-13,15-16,18-19,21-22,24-25,52-55,57-64,66-68,70-74H,3-4,6,8,11,14,17,20,23,26-51H2,1-2H3,(H,65,69)/b7-5-,10-9-,13-12-,16-15-,19-18-,22-21-,25-24-. The maximum absolute atomic E-state index is 13.1. The van der Waals surface area contributed by atoms with Gasteiger partial charge in [-0.05, 0) is 70.6 Å². The highest BCUT2D eigenvalue weighted by Gasteiger charge is 2.51. The molecular weight excluding hydrogens is 991 g/mol. The average molecular weight is 1100 g/mol. The molecule has 9 N–H and O–H groups in total. The van der Waals surface area contributed by atoms with Gasteiger partial charge in [0.05, 0.1) is 32.0 Å². The lowest BCUT2D eigenvalue weighted by atomic mass is 9.97. The van der Waals surface area contributed by atoms with Gasteiger partial charge in [-0.15, -0.1) is 0 Å². The number of amides is 1. The number of unbranched alkanes of at least 4 members (excludes halogenated alkanes) is 21. The van der Waals surface area contributed by atoms with E-state index in [4.69, 9.17) is 18.9 Å². The molecule has 0 aromatic carbocycles. The maximum Gasteiger partial charge on any atom is 0.220 e. The van der Waals surface area contributed by atoms with Crippen LogP contribution >= 0.6 is 0 Å². The van der Waals surface area contributed by atoms with Crippen LogP contribution in [0.5, 0.6) is 0 Å². The molecule has 2 saturated heterocycles. The van der Waals surface area contributed by atoms with E-state index in [1.165, 1.54) is 103 Å². The number of rotatable bonds is 48. The Morgan fingerprint density at radius 2 is 0.885 bits per heavy atom. The van der Waals surface area contributed by atoms with Crippen molar-refractivity contribution in [2.24, 2.45) is 0 Å². The first kappa shape index (κ1) is 71.3. The molecular formula is C64H111NO13. The topological polar surface area (TPSA) is 228 Å². The number of hydrogen-bond donors (Lipinski definition) is 9. The number of aliphatic hydroxyl groups is 8. The number of nitrogens with one attached hydrogen (secondary N) is 1. The predicted molar refractivity (Wildman–Crippen MR) is 313 cm³/mol. The second-order valence-electron chi connectivity index (χ2n) is 21.5. The van der Waals surface area contributed by atoms with Crippen molar-refractivity contribution < 1.29 is 64.6 Å². The molecule has 2 rings (SSSR count). The van der Waals surface area contributed by atoms with Crippen LogP contribution in [0.4, 0.5) is 0 Å². The molecule has 0 aliphatic carbocycles. The molecule has 0 bridgehead atoms. The fourth-order valence-electron chi connectivity index (χ4n) is 9.69. The summed E-state index contributed by atoms with van der Waals surface area (Å²) >= 11 is 0. The summed E-state index contributed by atoms with van der Waals surface area (Å²) in [5, 5.41) is 86.2. The summed E-state index contributed by atoms with van der Waals surface area (Å²) in [4.78, 5) is 13.1. The Bertz CT molecular complexity index is 1630. The summed E-state index contributed by atoms with van der Waals surface area (Å²) in [6.45, 7) is 2.55. The summed E-state index contributed by atoms with van der Waals surface area (Å²) in [7, 11) is 0. The Morgan fingerprint density at radius 1 is 0.474 bits per heavy atom. The molecule has 12 atom stereocenters. The minimum Gasteiger partial charge on any atom is -0.394 e. The minimum atomic E-state index is -1.78. The Labute approximate surface area is 471 Å². The molecule has 0 spiro atoms. The van der Waals surface area contributed by atoms with Crippen molar-refractivity contribution in [3.05, 3.63) is 85.1 Å². The lowest BCUT2D eigenvalue weighted by molar-refractivity contribution is -0.359. The van der Waals surface area contributed by atoms with Gasteiger partial charge < -0.3 is 65.1 Å². The fraction of sp³-hybridized carbons (Fsp3) is 0.766. The highest BCUT2D eigenvalue weighted by molar-refractivity contribution is 5.76. The fourth-order valence-corrected chi connectivity index (χ4v) is 9.69. The summed E-state index contributed by atoms with van der Waals surface area (Å²) < 4.78 is 22.6. The molecule has 78 heavy (non-hydrogen) atoms. The highest BCUT2D eigenvalue weighted by atomic mass is 16.7. The summed E-state index contributed by atoms with van der Waals surface area (Å²) in [6.07, 6.45) is 50.3. The van der Waals surface area contributed by atoms with E-state index in [0.717, 1.165) is 89.9 Å². The van der Waals surface area contributed by atoms with Crippen molar-refractivity contribution >= 4 is 5.91 Å². The van der Waals surface area contributed by atoms with Crippen LogP contribution in [-0.2, 0) is 23.7 Å². The first-order chi connectivity index (χ1) is 38.1. The van der Waals surface area contributed by atoms with Gasteiger partial charge in [0.15, 0.2) is 12.6 Å². The minimum absolute atomic E-state index is 0.219. The largest absolute Gasteiger partial charge is 0.394 e. The molecule has 0 saturated carbocycles. The first-order valence-corrected chi connectivity index (χ1v) is 30.8. The van der Waals surface area contributed by atoms with Gasteiger partial charge in [-0.1, -0.05) is 227 Å². The number of carbonyl (C=O) groups excluding carboxylic acids is 1. The second-order valence-corrected chi connectivity index (χ2v) is 21.5. The SMILES string of the molecule is CC/C=C\C/C=C\C/C=C\C/C=C\C/C=C\C/C=C\C/C=C\CCCCCCCCCCCCCCCCCCCCCC(=O)NC(COC1OC(CO)C(OC2OC(CO)C(O)C(O)C2O)C(O)C1O)C(O)CCCCC. The zero-order chi connectivity index (χ0) is 56.7. The van der Waals surface area contributed by atoms with Gasteiger partial charge in [0, 0.05) is 6.42 Å². The van der Waals surface area contributed by atoms with Crippen molar-refractivity contribution in [1.29, 1.82) is 0 Å². The van der Waals surface area contributed by atoms with Crippen molar-refractivity contribution in [2.75, 3.05) is 19.8 Å². The average Bonchev–Trinajstić information content (AvgIpc) is 3.44. The van der Waals surface area contributed by atoms with Crippen LogP contribution in [0, 0.1) is 0 Å². The van der Waals surface area contributed by atoms with Crippen LogP contribution < -0.4 is 5.32 Å². The third-order valence-corrected chi connectivity index (χ3v) is 14.6. The Balaban J connectivity index is 1.44. The van der Waals surface area contributed by atoms with E-state index in [1.807, 2.05) is 0 Å². The van der Waals surface area contributed by atoms with E-state index in [2.05, 4.69) is 104 Å². The Hall–Kier alpha value is -2.83. The molecule has 0 aromatic rings. The van der Waals surface area contributed by atoms with Crippen LogP contribution in [0.2, 0.25) is 0 Å². The molecule has 2 heterocycles. The predicted octanol–water partition coefficient (Wildman–Crippen LogP) is 10.9. The van der Waals surface area contributed by atoms with Crippen LogP contribution in [0.15, 0.2) is 85.1 Å². The Morgan fingerprint density at radius 3 is 1.33 bits per heavy atom. The highest BCUT2D eigenvalue weighted by Crippen LogP contribution is 2.30. The van der Waals surface area contributed by atoms with E-state index < -0.39 is 86.8 Å². The summed E-state index contributed by atoms with van der Waals surface area (Å²) in [5.74, 6) is -0.219. The van der Waals surface area contributed by atoms with Gasteiger partial charge in [0.2, 0.25) is 5.91 Å². The van der Waals surface area contributed by atoms with E-state index in [9.17, 15) is 45.6 Å². The zero-order valence-electron chi connectivity index (χ0n) is 48.4. The first-order valence-electron chi connectivity index (χ1n) is 30.8. The quantitative estimate of drug-likeness (QED) is 0.0204. The van der Waals surface area contributed by atoms with Gasteiger partial charge in [-0.2, -0.15) is 0 Å². The van der Waals surface area contributed by atoms with Crippen LogP contribution in [-0.4, -0.2) is 140 Å². The second kappa shape index (κ2) is 48.8. The Kier molecular flexibility index (Phi) is 44.6. The zero-order valence-corrected chi connectivity index (χ0v) is 48.4. The third-order valence-electron chi connectivity index (χ3n) is 14.6. The van der Waals surface area contributed by atoms with E-state index in [0.29, 0.717) is 12.8 Å². The van der Waals surface area contributed by atoms with Gasteiger partial charge in [0.25, 0.3) is 0 Å². The van der Waals surface area contributed by atoms with Gasteiger partial charge >= 0.3 is 0 Å². The smallest absolute Gasteiger partial charge is 0.220 e. The van der Waals surface area contributed by atoms with Crippen molar-refractivity contribution in [3.8, 4) is 0 Å². The molecule has 14 heteroatoms. The van der Waals surface area contributed by atoms with Gasteiger partial charge in [0.1, 0.15) is 48.8 Å². The van der Waals surface area contributed by atoms with Gasteiger partial charge in [-0.3, -0.25) is 4.79 Å². The monoisotopic (exact) mass is 1100 g/mol. The molecule has 2 aliphatic rings. The number of carbonyl (C=O) groups is 1. The summed E-state index contributed by atoms with van der Waals surface area (Å²) in [6, 6.07) is -0.825. The number of ether oxygens (including phenoxy) is 4. The van der Waals surface area contributed by atoms with Crippen LogP contribution in [0.1, 0.15) is 219 Å². The van der Waals surface area contributed by atoms with E-state index >= 15 is 0 Å². The molecule has 14 nitrogen and oxygen atoms in total. The third kappa shape index (κ3) is 33.8. The number of hydrogen-bond acceptors (Lipinski definition) is 13. The molecule has 0 aromatic heterocycles. The molecule has 2 aliphatic heterocycles. The normalized spacial score (nSPS) is 25.2. The molecule has 450 valence electrons. The van der Waals surface area contributed by atoms with Crippen LogP contribution in [0.25, 0.3) is 0 Å². The van der Waals surface area contributed by atoms with Crippen molar-refractivity contribution in [3.63, 3.8) is 0 Å². The lowest BCUT2D eigenvalue weighted by Gasteiger charge is -2.46. The number of allylic oxidation sites excluding steroid dienone is 14. The molecule has 0 radical (unpaired) electrons. The lowest BCUT2D eigenvalue weighted by Crippen LogP contribution is -2.65. The van der Waals surface area contributed by atoms with Crippen molar-refractivity contribution in [2.45, 2.75) is 293 Å². The van der Waals surface area contributed by atoms with Crippen LogP contribution in [0.3, 0.4) is 0 Å². The molecule has 12 unspecified atom stereocenters. The summed E-state index contributed by atoms with van der Waals surface area (Å²) in [5.41, 5.74) is 0. The molecule has 2 fully saturated rings. The molecule has 1 amide bonds. The van der Waals surface area contributed by atoms with E-state index in [-0.39, 0.29) is 12.5 Å². The van der Waals surface area contributed by atoms with E-state index in [1.54, 1.807) is 0 Å². The number of aliphatic hydroxyl groups excluding tert-OH is 8. The van der Waals surface area contributed by atoms with Crippen molar-refractivity contribution in [1.82, 2.24) is 5.32 Å². The van der Waals surface area contributed by atoms with Gasteiger partial charge in [-0.25, -0.2) is 0 Å². The maximum atomic E-state index is 13.1.